The highest BCUT2D eigenvalue weighted by Gasteiger charge is 2.05. The standard InChI is InChI=1S/C13H10BrNO2S/c1-8-6-10(14)7-15-12(8)18-11-4-2-9(3-5-11)13(16)17/h2-7H,1H3,(H,16,17). The Morgan fingerprint density at radius 1 is 1.33 bits per heavy atom. The number of benzene rings is 1. The maximum Gasteiger partial charge on any atom is 0.335 e. The van der Waals surface area contributed by atoms with Gasteiger partial charge in [-0.3, -0.25) is 0 Å². The molecule has 0 spiro atoms. The number of hydrogen-bond acceptors (Lipinski definition) is 3. The first-order valence-corrected chi connectivity index (χ1v) is 6.80. The summed E-state index contributed by atoms with van der Waals surface area (Å²) in [5, 5.41) is 9.73. The van der Waals surface area contributed by atoms with Crippen molar-refractivity contribution in [1.82, 2.24) is 4.98 Å². The molecule has 0 aliphatic rings. The Kier molecular flexibility index (Phi) is 4.04. The van der Waals surface area contributed by atoms with Crippen molar-refractivity contribution in [2.75, 3.05) is 0 Å². The van der Waals surface area contributed by atoms with Crippen molar-refractivity contribution in [2.45, 2.75) is 16.8 Å². The summed E-state index contributed by atoms with van der Waals surface area (Å²) < 4.78 is 0.950. The Balaban J connectivity index is 2.21. The molecule has 0 aliphatic carbocycles. The van der Waals surface area contributed by atoms with E-state index in [1.54, 1.807) is 30.5 Å². The zero-order valence-electron chi connectivity index (χ0n) is 9.55. The molecule has 0 bridgehead atoms. The number of halogens is 1. The summed E-state index contributed by atoms with van der Waals surface area (Å²) in [6.07, 6.45) is 1.75. The number of aryl methyl sites for hydroxylation is 1. The van der Waals surface area contributed by atoms with E-state index in [1.807, 2.05) is 13.0 Å². The van der Waals surface area contributed by atoms with Crippen LogP contribution in [0.3, 0.4) is 0 Å². The molecule has 1 heterocycles. The van der Waals surface area contributed by atoms with E-state index in [2.05, 4.69) is 20.9 Å². The Morgan fingerprint density at radius 3 is 2.56 bits per heavy atom. The van der Waals surface area contributed by atoms with Crippen molar-refractivity contribution < 1.29 is 9.90 Å². The lowest BCUT2D eigenvalue weighted by atomic mass is 10.2. The number of rotatable bonds is 3. The second-order valence-electron chi connectivity index (χ2n) is 3.71. The number of carboxylic acid groups (broad SMARTS) is 1. The molecular weight excluding hydrogens is 314 g/mol. The molecule has 0 saturated heterocycles. The van der Waals surface area contributed by atoms with E-state index in [4.69, 9.17) is 5.11 Å². The summed E-state index contributed by atoms with van der Waals surface area (Å²) in [4.78, 5) is 16.0. The number of nitrogens with zero attached hydrogens (tertiary/aromatic N) is 1. The molecule has 0 unspecified atom stereocenters. The topological polar surface area (TPSA) is 50.2 Å². The SMILES string of the molecule is Cc1cc(Br)cnc1Sc1ccc(C(=O)O)cc1. The van der Waals surface area contributed by atoms with E-state index in [1.165, 1.54) is 11.8 Å². The molecule has 18 heavy (non-hydrogen) atoms. The molecule has 92 valence electrons. The number of carbonyl (C=O) groups is 1. The van der Waals surface area contributed by atoms with E-state index in [-0.39, 0.29) is 0 Å². The van der Waals surface area contributed by atoms with Crippen molar-refractivity contribution in [3.05, 3.63) is 52.1 Å². The van der Waals surface area contributed by atoms with Crippen LogP contribution in [-0.4, -0.2) is 16.1 Å². The van der Waals surface area contributed by atoms with Gasteiger partial charge in [-0.25, -0.2) is 9.78 Å². The fourth-order valence-corrected chi connectivity index (χ4v) is 2.68. The molecule has 3 nitrogen and oxygen atoms in total. The van der Waals surface area contributed by atoms with Crippen molar-refractivity contribution in [3.8, 4) is 0 Å². The number of carboxylic acids is 1. The van der Waals surface area contributed by atoms with Crippen molar-refractivity contribution in [1.29, 1.82) is 0 Å². The van der Waals surface area contributed by atoms with Gasteiger partial charge < -0.3 is 5.11 Å². The average molecular weight is 324 g/mol. The number of aromatic carboxylic acids is 1. The highest BCUT2D eigenvalue weighted by molar-refractivity contribution is 9.10. The summed E-state index contributed by atoms with van der Waals surface area (Å²) in [5.74, 6) is -0.913. The minimum atomic E-state index is -0.913. The first-order chi connectivity index (χ1) is 8.56. The molecule has 0 fully saturated rings. The van der Waals surface area contributed by atoms with Gasteiger partial charge >= 0.3 is 5.97 Å². The van der Waals surface area contributed by atoms with Gasteiger partial charge in [-0.2, -0.15) is 0 Å². The summed E-state index contributed by atoms with van der Waals surface area (Å²) in [6, 6.07) is 8.77. The largest absolute Gasteiger partial charge is 0.478 e. The van der Waals surface area contributed by atoms with Crippen LogP contribution in [0.5, 0.6) is 0 Å². The molecule has 1 aromatic heterocycles. The van der Waals surface area contributed by atoms with E-state index in [0.29, 0.717) is 5.56 Å². The predicted molar refractivity (Wildman–Crippen MR) is 74.2 cm³/mol. The molecule has 1 aromatic carbocycles. The molecule has 0 radical (unpaired) electrons. The molecule has 1 N–H and O–H groups in total. The maximum absolute atomic E-state index is 10.7. The molecule has 2 aromatic rings. The first kappa shape index (κ1) is 13.1. The lowest BCUT2D eigenvalue weighted by molar-refractivity contribution is 0.0697. The molecule has 2 rings (SSSR count). The van der Waals surface area contributed by atoms with Gasteiger partial charge in [-0.15, -0.1) is 0 Å². The van der Waals surface area contributed by atoms with Crippen LogP contribution in [0.2, 0.25) is 0 Å². The summed E-state index contributed by atoms with van der Waals surface area (Å²) in [7, 11) is 0. The van der Waals surface area contributed by atoms with E-state index >= 15 is 0 Å². The van der Waals surface area contributed by atoms with Crippen LogP contribution in [0.1, 0.15) is 15.9 Å². The van der Waals surface area contributed by atoms with E-state index < -0.39 is 5.97 Å². The van der Waals surface area contributed by atoms with Crippen LogP contribution in [0.25, 0.3) is 0 Å². The second-order valence-corrected chi connectivity index (χ2v) is 5.69. The van der Waals surface area contributed by atoms with E-state index in [9.17, 15) is 4.79 Å². The van der Waals surface area contributed by atoms with Crippen LogP contribution < -0.4 is 0 Å². The molecular formula is C13H10BrNO2S. The zero-order chi connectivity index (χ0) is 13.1. The molecule has 0 atom stereocenters. The highest BCUT2D eigenvalue weighted by atomic mass is 79.9. The number of hydrogen-bond donors (Lipinski definition) is 1. The maximum atomic E-state index is 10.7. The normalized spacial score (nSPS) is 10.3. The Hall–Kier alpha value is -1.33. The summed E-state index contributed by atoms with van der Waals surface area (Å²) >= 11 is 4.89. The molecule has 0 amide bonds. The van der Waals surface area contributed by atoms with Gasteiger partial charge in [-0.1, -0.05) is 11.8 Å². The summed E-state index contributed by atoms with van der Waals surface area (Å²) in [6.45, 7) is 1.99. The summed E-state index contributed by atoms with van der Waals surface area (Å²) in [5.41, 5.74) is 1.37. The zero-order valence-corrected chi connectivity index (χ0v) is 12.0. The smallest absolute Gasteiger partial charge is 0.335 e. The minimum absolute atomic E-state index is 0.292. The average Bonchev–Trinajstić information content (AvgIpc) is 2.33. The fourth-order valence-electron chi connectivity index (χ4n) is 1.41. The third kappa shape index (κ3) is 3.11. The third-order valence-electron chi connectivity index (χ3n) is 2.31. The quantitative estimate of drug-likeness (QED) is 0.927. The van der Waals surface area contributed by atoms with Crippen LogP contribution in [0.4, 0.5) is 0 Å². The second kappa shape index (κ2) is 5.54. The van der Waals surface area contributed by atoms with Crippen LogP contribution in [-0.2, 0) is 0 Å². The van der Waals surface area contributed by atoms with Gasteiger partial charge in [-0.05, 0) is 58.7 Å². The van der Waals surface area contributed by atoms with Crippen molar-refractivity contribution >= 4 is 33.7 Å². The molecule has 0 saturated carbocycles. The van der Waals surface area contributed by atoms with Crippen LogP contribution >= 0.6 is 27.7 Å². The van der Waals surface area contributed by atoms with E-state index in [0.717, 1.165) is 20.0 Å². The Labute approximate surface area is 117 Å². The van der Waals surface area contributed by atoms with Gasteiger partial charge in [0.25, 0.3) is 0 Å². The Morgan fingerprint density at radius 2 is 2.00 bits per heavy atom. The highest BCUT2D eigenvalue weighted by Crippen LogP contribution is 2.29. The molecule has 5 heteroatoms. The van der Waals surface area contributed by atoms with Gasteiger partial charge in [0.05, 0.1) is 5.56 Å². The van der Waals surface area contributed by atoms with Crippen LogP contribution in [0.15, 0.2) is 50.9 Å². The fraction of sp³-hybridized carbons (Fsp3) is 0.0769. The minimum Gasteiger partial charge on any atom is -0.478 e. The third-order valence-corrected chi connectivity index (χ3v) is 3.87. The molecule has 0 aliphatic heterocycles. The number of aromatic nitrogens is 1. The van der Waals surface area contributed by atoms with Gasteiger partial charge in [0, 0.05) is 15.6 Å². The van der Waals surface area contributed by atoms with Crippen molar-refractivity contribution in [3.63, 3.8) is 0 Å². The monoisotopic (exact) mass is 323 g/mol. The lowest BCUT2D eigenvalue weighted by Crippen LogP contribution is -1.94. The van der Waals surface area contributed by atoms with Crippen molar-refractivity contribution in [2.24, 2.45) is 0 Å². The van der Waals surface area contributed by atoms with Gasteiger partial charge in [0.15, 0.2) is 0 Å². The van der Waals surface area contributed by atoms with Crippen LogP contribution in [0, 0.1) is 6.92 Å². The first-order valence-electron chi connectivity index (χ1n) is 5.19. The van der Waals surface area contributed by atoms with Gasteiger partial charge in [0.2, 0.25) is 0 Å². The number of pyridine rings is 1. The lowest BCUT2D eigenvalue weighted by Gasteiger charge is -2.05. The predicted octanol–water partition coefficient (Wildman–Crippen LogP) is 4.00. The Bertz CT molecular complexity index is 584. The van der Waals surface area contributed by atoms with Gasteiger partial charge in [0.1, 0.15) is 5.03 Å².